The van der Waals surface area contributed by atoms with Gasteiger partial charge in [-0.3, -0.25) is 0 Å². The summed E-state index contributed by atoms with van der Waals surface area (Å²) < 4.78 is 13.3. The van der Waals surface area contributed by atoms with Gasteiger partial charge >= 0.3 is 11.9 Å². The second kappa shape index (κ2) is 9.68. The number of carboxylic acid groups (broad SMARTS) is 2. The lowest BCUT2D eigenvalue weighted by Gasteiger charge is -2.46. The first kappa shape index (κ1) is 25.6. The van der Waals surface area contributed by atoms with Gasteiger partial charge in [0.1, 0.15) is 0 Å². The Hall–Kier alpha value is -3.04. The van der Waals surface area contributed by atoms with Crippen molar-refractivity contribution in [2.24, 2.45) is 0 Å². The number of carboxylic acids is 2. The van der Waals surface area contributed by atoms with Crippen molar-refractivity contribution in [3.8, 4) is 17.2 Å². The lowest BCUT2D eigenvalue weighted by atomic mass is 9.79. The van der Waals surface area contributed by atoms with Gasteiger partial charge in [0.2, 0.25) is 6.79 Å². The fourth-order valence-electron chi connectivity index (χ4n) is 5.15. The van der Waals surface area contributed by atoms with Crippen LogP contribution in [-0.4, -0.2) is 50.6 Å². The monoisotopic (exact) mass is 473 g/mol. The van der Waals surface area contributed by atoms with Crippen LogP contribution in [0.1, 0.15) is 57.5 Å². The molecular weight excluding hydrogens is 438 g/mol. The van der Waals surface area contributed by atoms with E-state index in [1.165, 1.54) is 17.0 Å². The van der Waals surface area contributed by atoms with Crippen LogP contribution in [0.4, 0.5) is 0 Å². The molecule has 2 aliphatic rings. The maximum Gasteiger partial charge on any atom is 0.414 e. The number of nitrogens with one attached hydrogen (secondary N) is 2. The molecule has 0 unspecified atom stereocenters. The van der Waals surface area contributed by atoms with Crippen molar-refractivity contribution in [3.05, 3.63) is 41.2 Å². The summed E-state index contributed by atoms with van der Waals surface area (Å²) >= 11 is 0. The number of rotatable bonds is 4. The van der Waals surface area contributed by atoms with Crippen molar-refractivity contribution in [1.29, 1.82) is 0 Å². The van der Waals surface area contributed by atoms with E-state index in [2.05, 4.69) is 74.9 Å². The van der Waals surface area contributed by atoms with E-state index >= 15 is 0 Å². The van der Waals surface area contributed by atoms with E-state index in [1.807, 2.05) is 6.07 Å². The molecule has 0 saturated carbocycles. The Morgan fingerprint density at radius 2 is 1.62 bits per heavy atom. The summed E-state index contributed by atoms with van der Waals surface area (Å²) in [6.45, 7) is 14.8. The highest BCUT2D eigenvalue weighted by Gasteiger charge is 2.37. The summed E-state index contributed by atoms with van der Waals surface area (Å²) in [7, 11) is 0. The van der Waals surface area contributed by atoms with Gasteiger partial charge in [-0.1, -0.05) is 0 Å². The number of benzene rings is 1. The van der Waals surface area contributed by atoms with Gasteiger partial charge in [0.05, 0.1) is 0 Å². The Bertz CT molecular complexity index is 1040. The summed E-state index contributed by atoms with van der Waals surface area (Å²) in [5.74, 6) is -2.00. The molecule has 1 aromatic carbocycles. The van der Waals surface area contributed by atoms with Crippen molar-refractivity contribution >= 4 is 11.9 Å². The molecule has 1 fully saturated rings. The van der Waals surface area contributed by atoms with E-state index in [9.17, 15) is 0 Å². The number of aryl methyl sites for hydroxylation is 1. The summed E-state index contributed by atoms with van der Waals surface area (Å²) in [5.41, 5.74) is 5.29. The average molecular weight is 474 g/mol. The smallest absolute Gasteiger partial charge is 0.414 e. The van der Waals surface area contributed by atoms with Crippen molar-refractivity contribution in [2.45, 2.75) is 78.0 Å². The van der Waals surface area contributed by atoms with Gasteiger partial charge in [-0.25, -0.2) is 9.59 Å². The molecule has 2 aromatic rings. The first-order valence-electron chi connectivity index (χ1n) is 11.3. The Morgan fingerprint density at radius 1 is 1.03 bits per heavy atom. The molecule has 1 aromatic heterocycles. The van der Waals surface area contributed by atoms with Crippen molar-refractivity contribution in [2.75, 3.05) is 6.79 Å². The van der Waals surface area contributed by atoms with E-state index in [0.717, 1.165) is 36.6 Å². The van der Waals surface area contributed by atoms with Gasteiger partial charge in [0.25, 0.3) is 0 Å². The quantitative estimate of drug-likeness (QED) is 0.499. The lowest BCUT2D eigenvalue weighted by Crippen LogP contribution is -2.61. The van der Waals surface area contributed by atoms with Crippen LogP contribution in [-0.2, 0) is 16.1 Å². The predicted molar refractivity (Wildman–Crippen MR) is 128 cm³/mol. The number of ether oxygens (including phenoxy) is 2. The summed E-state index contributed by atoms with van der Waals surface area (Å²) in [4.78, 5) is 18.2. The number of hydrogen-bond acceptors (Lipinski definition) is 6. The van der Waals surface area contributed by atoms with Crippen LogP contribution in [0.25, 0.3) is 5.69 Å². The molecule has 4 N–H and O–H groups in total. The highest BCUT2D eigenvalue weighted by atomic mass is 16.7. The number of fused-ring (bicyclic) bond motifs is 1. The zero-order chi connectivity index (χ0) is 25.3. The topological polar surface area (TPSA) is 122 Å². The fourth-order valence-corrected chi connectivity index (χ4v) is 5.15. The third kappa shape index (κ3) is 6.09. The largest absolute Gasteiger partial charge is 0.473 e. The second-order valence-corrected chi connectivity index (χ2v) is 10.3. The van der Waals surface area contributed by atoms with Crippen LogP contribution < -0.4 is 20.1 Å². The van der Waals surface area contributed by atoms with Crippen molar-refractivity contribution in [1.82, 2.24) is 15.2 Å². The van der Waals surface area contributed by atoms with Gasteiger partial charge in [0, 0.05) is 46.8 Å². The Labute approximate surface area is 200 Å². The maximum absolute atomic E-state index is 9.10. The molecule has 9 heteroatoms. The van der Waals surface area contributed by atoms with E-state index in [4.69, 9.17) is 29.3 Å². The molecule has 0 bridgehead atoms. The predicted octanol–water partition coefficient (Wildman–Crippen LogP) is 3.38. The zero-order valence-corrected chi connectivity index (χ0v) is 20.7. The standard InChI is InChI=1S/C23H33N3O2.C2H2O4/c1-15-9-17(13-24-18-11-22(3,4)25-23(5,6)12-18)16(2)26(15)19-7-8-20-21(10-19)28-14-27-20;3-1(4)2(5)6/h7-10,18,24-25H,11-14H2,1-6H3;(H,3,4)(H,5,6). The van der Waals surface area contributed by atoms with Crippen LogP contribution in [0.5, 0.6) is 11.5 Å². The molecule has 0 spiro atoms. The molecule has 1 saturated heterocycles. The number of carbonyl (C=O) groups is 2. The van der Waals surface area contributed by atoms with Crippen LogP contribution in [0, 0.1) is 13.8 Å². The number of hydrogen-bond donors (Lipinski definition) is 4. The summed E-state index contributed by atoms with van der Waals surface area (Å²) in [6, 6.07) is 8.97. The normalized spacial score (nSPS) is 18.2. The molecule has 0 atom stereocenters. The van der Waals surface area contributed by atoms with E-state index in [1.54, 1.807) is 0 Å². The van der Waals surface area contributed by atoms with E-state index in [-0.39, 0.29) is 11.1 Å². The number of nitrogens with zero attached hydrogens (tertiary/aromatic N) is 1. The van der Waals surface area contributed by atoms with Crippen LogP contribution >= 0.6 is 0 Å². The average Bonchev–Trinajstić information content (AvgIpc) is 3.27. The highest BCUT2D eigenvalue weighted by molar-refractivity contribution is 6.27. The van der Waals surface area contributed by atoms with Gasteiger partial charge in [-0.2, -0.15) is 0 Å². The Morgan fingerprint density at radius 3 is 2.21 bits per heavy atom. The molecule has 186 valence electrons. The van der Waals surface area contributed by atoms with Crippen molar-refractivity contribution in [3.63, 3.8) is 0 Å². The molecule has 2 aliphatic heterocycles. The first-order valence-corrected chi connectivity index (χ1v) is 11.3. The Kier molecular flexibility index (Phi) is 7.28. The van der Waals surface area contributed by atoms with Crippen LogP contribution in [0.2, 0.25) is 0 Å². The third-order valence-corrected chi connectivity index (χ3v) is 6.10. The number of piperidine rings is 1. The van der Waals surface area contributed by atoms with E-state index < -0.39 is 11.9 Å². The minimum Gasteiger partial charge on any atom is -0.473 e. The molecule has 0 radical (unpaired) electrons. The van der Waals surface area contributed by atoms with Crippen LogP contribution in [0.15, 0.2) is 24.3 Å². The first-order chi connectivity index (χ1) is 15.8. The minimum absolute atomic E-state index is 0.156. The summed E-state index contributed by atoms with van der Waals surface area (Å²) in [5, 5.41) is 22.4. The molecule has 0 aliphatic carbocycles. The summed E-state index contributed by atoms with van der Waals surface area (Å²) in [6.07, 6.45) is 2.27. The SMILES string of the molecule is Cc1cc(CNC2CC(C)(C)NC(C)(C)C2)c(C)n1-c1ccc2c(c1)OCO2.O=C(O)C(=O)O. The molecular formula is C25H35N3O6. The maximum atomic E-state index is 9.10. The fraction of sp³-hybridized carbons (Fsp3) is 0.520. The molecule has 0 amide bonds. The molecule has 4 rings (SSSR count). The third-order valence-electron chi connectivity index (χ3n) is 6.10. The minimum atomic E-state index is -1.82. The van der Waals surface area contributed by atoms with Crippen LogP contribution in [0.3, 0.4) is 0 Å². The van der Waals surface area contributed by atoms with Gasteiger partial charge in [-0.05, 0) is 78.1 Å². The molecule has 9 nitrogen and oxygen atoms in total. The Balaban J connectivity index is 0.000000481. The van der Waals surface area contributed by atoms with Gasteiger partial charge in [-0.15, -0.1) is 0 Å². The zero-order valence-electron chi connectivity index (χ0n) is 20.7. The van der Waals surface area contributed by atoms with Crippen molar-refractivity contribution < 1.29 is 29.3 Å². The number of aliphatic carboxylic acids is 2. The lowest BCUT2D eigenvalue weighted by molar-refractivity contribution is -0.159. The van der Waals surface area contributed by atoms with Gasteiger partial charge < -0.3 is 34.9 Å². The highest BCUT2D eigenvalue weighted by Crippen LogP contribution is 2.35. The molecule has 3 heterocycles. The van der Waals surface area contributed by atoms with E-state index in [0.29, 0.717) is 12.8 Å². The van der Waals surface area contributed by atoms with Gasteiger partial charge in [0.15, 0.2) is 11.5 Å². The number of aromatic nitrogens is 1. The molecule has 34 heavy (non-hydrogen) atoms. The second-order valence-electron chi connectivity index (χ2n) is 10.3.